The minimum absolute atomic E-state index is 0.435. The number of nitrogens with zero attached hydrogens (tertiary/aromatic N) is 1. The van der Waals surface area contributed by atoms with Gasteiger partial charge in [-0.2, -0.15) is 0 Å². The summed E-state index contributed by atoms with van der Waals surface area (Å²) in [7, 11) is 0. The van der Waals surface area contributed by atoms with Gasteiger partial charge < -0.3 is 5.73 Å². The molecule has 2 atom stereocenters. The molecule has 2 bridgehead atoms. The summed E-state index contributed by atoms with van der Waals surface area (Å²) in [6.45, 7) is 1.16. The molecule has 2 fully saturated rings. The van der Waals surface area contributed by atoms with Crippen molar-refractivity contribution in [2.75, 3.05) is 6.54 Å². The van der Waals surface area contributed by atoms with Gasteiger partial charge in [0, 0.05) is 29.7 Å². The molecule has 0 saturated carbocycles. The molecule has 0 radical (unpaired) electrons. The Hall–Kier alpha value is -0.570. The van der Waals surface area contributed by atoms with E-state index in [0.717, 1.165) is 30.1 Å². The second-order valence-electron chi connectivity index (χ2n) is 5.73. The fourth-order valence-electron chi connectivity index (χ4n) is 3.63. The van der Waals surface area contributed by atoms with Crippen LogP contribution in [-0.2, 0) is 6.42 Å². The molecule has 2 saturated heterocycles. The van der Waals surface area contributed by atoms with Crippen LogP contribution < -0.4 is 5.73 Å². The van der Waals surface area contributed by atoms with Crippen molar-refractivity contribution in [3.63, 3.8) is 0 Å². The molecule has 98 valence electrons. The average Bonchev–Trinajstić information content (AvgIpc) is 2.57. The van der Waals surface area contributed by atoms with Gasteiger partial charge in [-0.3, -0.25) is 4.90 Å². The Kier molecular flexibility index (Phi) is 3.60. The van der Waals surface area contributed by atoms with E-state index in [-0.39, 0.29) is 0 Å². The molecule has 3 heteroatoms. The van der Waals surface area contributed by atoms with Crippen molar-refractivity contribution in [1.29, 1.82) is 0 Å². The molecular weight excluding hydrogens is 244 g/mol. The van der Waals surface area contributed by atoms with Crippen molar-refractivity contribution in [3.8, 4) is 0 Å². The van der Waals surface area contributed by atoms with Gasteiger partial charge in [0.05, 0.1) is 0 Å². The van der Waals surface area contributed by atoms with Crippen molar-refractivity contribution in [1.82, 2.24) is 4.90 Å². The van der Waals surface area contributed by atoms with Crippen LogP contribution >= 0.6 is 11.6 Å². The van der Waals surface area contributed by atoms with E-state index in [0.29, 0.717) is 6.04 Å². The minimum atomic E-state index is 0.435. The number of rotatable bonds is 3. The lowest BCUT2D eigenvalue weighted by molar-refractivity contribution is 0.129. The maximum Gasteiger partial charge on any atom is 0.0408 e. The monoisotopic (exact) mass is 264 g/mol. The van der Waals surface area contributed by atoms with Crippen LogP contribution in [0, 0.1) is 0 Å². The normalized spacial score (nSPS) is 31.8. The number of fused-ring (bicyclic) bond motifs is 2. The lowest BCUT2D eigenvalue weighted by Crippen LogP contribution is -2.48. The summed E-state index contributed by atoms with van der Waals surface area (Å²) in [5.41, 5.74) is 7.45. The highest BCUT2D eigenvalue weighted by Gasteiger charge is 2.38. The first-order valence-electron chi connectivity index (χ1n) is 6.98. The lowest BCUT2D eigenvalue weighted by Gasteiger charge is -2.37. The van der Waals surface area contributed by atoms with Crippen LogP contribution in [0.15, 0.2) is 24.3 Å². The van der Waals surface area contributed by atoms with Gasteiger partial charge in [-0.1, -0.05) is 23.7 Å². The standard InChI is InChI=1S/C15H21ClN2/c16-12-3-1-2-11(8-12)6-7-18-14-4-5-15(18)10-13(17)9-14/h1-3,8,13-15H,4-7,9-10,17H2. The van der Waals surface area contributed by atoms with Crippen molar-refractivity contribution in [3.05, 3.63) is 34.9 Å². The molecular formula is C15H21ClN2. The van der Waals surface area contributed by atoms with E-state index in [1.54, 1.807) is 0 Å². The molecule has 2 aliphatic rings. The number of halogens is 1. The Balaban J connectivity index is 1.61. The molecule has 1 aromatic carbocycles. The Morgan fingerprint density at radius 2 is 1.94 bits per heavy atom. The summed E-state index contributed by atoms with van der Waals surface area (Å²) in [6.07, 6.45) is 6.16. The van der Waals surface area contributed by atoms with Crippen LogP contribution in [0.4, 0.5) is 0 Å². The molecule has 0 aliphatic carbocycles. The summed E-state index contributed by atoms with van der Waals surface area (Å²) < 4.78 is 0. The third-order valence-corrected chi connectivity index (χ3v) is 4.70. The third-order valence-electron chi connectivity index (χ3n) is 4.47. The van der Waals surface area contributed by atoms with E-state index in [1.807, 2.05) is 12.1 Å². The maximum absolute atomic E-state index is 6.10. The minimum Gasteiger partial charge on any atom is -0.328 e. The van der Waals surface area contributed by atoms with Crippen LogP contribution in [0.2, 0.25) is 5.02 Å². The molecule has 2 nitrogen and oxygen atoms in total. The highest BCUT2D eigenvalue weighted by molar-refractivity contribution is 6.30. The SMILES string of the molecule is NC1CC2CCC(C1)N2CCc1cccc(Cl)c1. The fourth-order valence-corrected chi connectivity index (χ4v) is 3.84. The zero-order valence-corrected chi connectivity index (χ0v) is 11.4. The smallest absolute Gasteiger partial charge is 0.0408 e. The predicted molar refractivity (Wildman–Crippen MR) is 75.9 cm³/mol. The van der Waals surface area contributed by atoms with Gasteiger partial charge in [-0.15, -0.1) is 0 Å². The summed E-state index contributed by atoms with van der Waals surface area (Å²) in [6, 6.07) is 10.1. The van der Waals surface area contributed by atoms with Crippen LogP contribution in [0.1, 0.15) is 31.2 Å². The first-order chi connectivity index (χ1) is 8.72. The average molecular weight is 265 g/mol. The highest BCUT2D eigenvalue weighted by Crippen LogP contribution is 2.34. The number of benzene rings is 1. The van der Waals surface area contributed by atoms with Crippen LogP contribution in [0.5, 0.6) is 0 Å². The quantitative estimate of drug-likeness (QED) is 0.910. The second kappa shape index (κ2) is 5.20. The van der Waals surface area contributed by atoms with Gasteiger partial charge in [0.2, 0.25) is 0 Å². The Bertz CT molecular complexity index is 407. The number of hydrogen-bond acceptors (Lipinski definition) is 2. The van der Waals surface area contributed by atoms with E-state index in [4.69, 9.17) is 17.3 Å². The van der Waals surface area contributed by atoms with Crippen LogP contribution in [-0.4, -0.2) is 29.6 Å². The van der Waals surface area contributed by atoms with Gasteiger partial charge in [-0.25, -0.2) is 0 Å². The Morgan fingerprint density at radius 3 is 2.61 bits per heavy atom. The van der Waals surface area contributed by atoms with Crippen LogP contribution in [0.25, 0.3) is 0 Å². The summed E-state index contributed by atoms with van der Waals surface area (Å²) >= 11 is 6.03. The summed E-state index contributed by atoms with van der Waals surface area (Å²) in [5.74, 6) is 0. The molecule has 1 aromatic rings. The van der Waals surface area contributed by atoms with E-state index in [1.165, 1.54) is 31.2 Å². The summed E-state index contributed by atoms with van der Waals surface area (Å²) in [5, 5.41) is 0.844. The van der Waals surface area contributed by atoms with Gasteiger partial charge in [0.25, 0.3) is 0 Å². The lowest BCUT2D eigenvalue weighted by atomic mass is 9.97. The number of hydrogen-bond donors (Lipinski definition) is 1. The molecule has 0 aromatic heterocycles. The number of piperidine rings is 1. The van der Waals surface area contributed by atoms with Gasteiger partial charge >= 0.3 is 0 Å². The zero-order valence-electron chi connectivity index (χ0n) is 10.7. The zero-order chi connectivity index (χ0) is 12.5. The molecule has 2 unspecified atom stereocenters. The van der Waals surface area contributed by atoms with Gasteiger partial charge in [0.15, 0.2) is 0 Å². The second-order valence-corrected chi connectivity index (χ2v) is 6.17. The van der Waals surface area contributed by atoms with Crippen LogP contribution in [0.3, 0.4) is 0 Å². The molecule has 2 aliphatic heterocycles. The Labute approximate surface area is 114 Å². The predicted octanol–water partition coefficient (Wildman–Crippen LogP) is 2.84. The Morgan fingerprint density at radius 1 is 1.22 bits per heavy atom. The van der Waals surface area contributed by atoms with E-state index >= 15 is 0 Å². The molecule has 0 amide bonds. The molecule has 18 heavy (non-hydrogen) atoms. The third kappa shape index (κ3) is 2.56. The van der Waals surface area contributed by atoms with Crippen molar-refractivity contribution in [2.24, 2.45) is 5.73 Å². The van der Waals surface area contributed by atoms with Crippen molar-refractivity contribution >= 4 is 11.6 Å². The van der Waals surface area contributed by atoms with Crippen molar-refractivity contribution < 1.29 is 0 Å². The fraction of sp³-hybridized carbons (Fsp3) is 0.600. The first-order valence-corrected chi connectivity index (χ1v) is 7.36. The van der Waals surface area contributed by atoms with E-state index in [9.17, 15) is 0 Å². The van der Waals surface area contributed by atoms with E-state index < -0.39 is 0 Å². The number of nitrogens with two attached hydrogens (primary N) is 1. The molecule has 2 heterocycles. The largest absolute Gasteiger partial charge is 0.328 e. The van der Waals surface area contributed by atoms with Crippen molar-refractivity contribution in [2.45, 2.75) is 50.2 Å². The maximum atomic E-state index is 6.10. The molecule has 3 rings (SSSR count). The topological polar surface area (TPSA) is 29.3 Å². The van der Waals surface area contributed by atoms with E-state index in [2.05, 4.69) is 17.0 Å². The molecule has 2 N–H and O–H groups in total. The highest BCUT2D eigenvalue weighted by atomic mass is 35.5. The first kappa shape index (κ1) is 12.5. The molecule has 0 spiro atoms. The van der Waals surface area contributed by atoms with Gasteiger partial charge in [0.1, 0.15) is 0 Å². The summed E-state index contributed by atoms with van der Waals surface area (Å²) in [4.78, 5) is 2.68. The van der Waals surface area contributed by atoms with Gasteiger partial charge in [-0.05, 0) is 49.8 Å².